The first-order valence-electron chi connectivity index (χ1n) is 8.75. The summed E-state index contributed by atoms with van der Waals surface area (Å²) in [6, 6.07) is 0. The molecule has 3 unspecified atom stereocenters. The SMILES string of the molecule is CC.Cc1nc(C2=CC=CCC=C2)c(C2=CC3C(C)C3C=C2)[nH]1.[HH]. The zero-order valence-corrected chi connectivity index (χ0v) is 14.5. The molecule has 3 aliphatic carbocycles. The zero-order chi connectivity index (χ0) is 16.4. The molecule has 3 atom stereocenters. The van der Waals surface area contributed by atoms with Crippen LogP contribution in [-0.4, -0.2) is 9.97 Å². The number of allylic oxidation sites excluding steroid dienone is 10. The van der Waals surface area contributed by atoms with Gasteiger partial charge in [-0.05, 0) is 36.7 Å². The molecule has 0 bridgehead atoms. The molecule has 3 aliphatic rings. The largest absolute Gasteiger partial charge is 0.342 e. The Morgan fingerprint density at radius 3 is 2.74 bits per heavy atom. The molecule has 1 aromatic heterocycles. The number of hydrogen-bond acceptors (Lipinski definition) is 1. The second-order valence-corrected chi connectivity index (χ2v) is 6.23. The summed E-state index contributed by atoms with van der Waals surface area (Å²) in [6.07, 6.45) is 18.8. The Hall–Kier alpha value is -2.09. The van der Waals surface area contributed by atoms with Gasteiger partial charge >= 0.3 is 0 Å². The Kier molecular flexibility index (Phi) is 4.51. The van der Waals surface area contributed by atoms with Gasteiger partial charge in [0.2, 0.25) is 0 Å². The summed E-state index contributed by atoms with van der Waals surface area (Å²) in [5.74, 6) is 3.26. The van der Waals surface area contributed by atoms with Crippen molar-refractivity contribution in [3.05, 3.63) is 65.8 Å². The van der Waals surface area contributed by atoms with E-state index in [0.29, 0.717) is 0 Å². The number of hydrogen-bond donors (Lipinski definition) is 1. The van der Waals surface area contributed by atoms with Crippen LogP contribution in [-0.2, 0) is 0 Å². The molecule has 0 saturated heterocycles. The van der Waals surface area contributed by atoms with Gasteiger partial charge in [0.25, 0.3) is 0 Å². The Balaban J connectivity index is 0.000000670. The lowest BCUT2D eigenvalue weighted by Gasteiger charge is -2.07. The molecule has 1 aromatic rings. The van der Waals surface area contributed by atoms with Gasteiger partial charge in [-0.25, -0.2) is 4.98 Å². The van der Waals surface area contributed by atoms with Gasteiger partial charge in [-0.1, -0.05) is 69.4 Å². The lowest BCUT2D eigenvalue weighted by atomic mass is 10.00. The maximum Gasteiger partial charge on any atom is 0.104 e. The van der Waals surface area contributed by atoms with E-state index in [-0.39, 0.29) is 1.43 Å². The quantitative estimate of drug-likeness (QED) is 0.743. The van der Waals surface area contributed by atoms with Crippen molar-refractivity contribution in [1.29, 1.82) is 0 Å². The third-order valence-corrected chi connectivity index (χ3v) is 4.75. The number of H-pyrrole nitrogens is 1. The van der Waals surface area contributed by atoms with Crippen molar-refractivity contribution in [2.75, 3.05) is 0 Å². The first kappa shape index (κ1) is 15.8. The lowest BCUT2D eigenvalue weighted by molar-refractivity contribution is 0.885. The number of nitrogens with one attached hydrogen (secondary N) is 1. The minimum atomic E-state index is 0. The molecule has 1 heterocycles. The molecule has 4 rings (SSSR count). The number of aromatic amines is 1. The number of aromatic nitrogens is 2. The molecular weight excluding hydrogens is 280 g/mol. The van der Waals surface area contributed by atoms with E-state index in [1.807, 2.05) is 20.8 Å². The van der Waals surface area contributed by atoms with Gasteiger partial charge in [0, 0.05) is 7.00 Å². The van der Waals surface area contributed by atoms with Crippen molar-refractivity contribution in [2.45, 2.75) is 34.1 Å². The molecule has 2 nitrogen and oxygen atoms in total. The maximum absolute atomic E-state index is 4.73. The summed E-state index contributed by atoms with van der Waals surface area (Å²) in [5, 5.41) is 0. The van der Waals surface area contributed by atoms with Crippen molar-refractivity contribution >= 4 is 11.1 Å². The Morgan fingerprint density at radius 1 is 1.13 bits per heavy atom. The zero-order valence-electron chi connectivity index (χ0n) is 14.5. The van der Waals surface area contributed by atoms with Gasteiger partial charge in [-0.3, -0.25) is 0 Å². The molecule has 1 N–H and O–H groups in total. The molecule has 2 heteroatoms. The second-order valence-electron chi connectivity index (χ2n) is 6.23. The third-order valence-electron chi connectivity index (χ3n) is 4.75. The van der Waals surface area contributed by atoms with Crippen LogP contribution < -0.4 is 0 Å². The fraction of sp³-hybridized carbons (Fsp3) is 0.381. The monoisotopic (exact) mass is 308 g/mol. The van der Waals surface area contributed by atoms with E-state index in [2.05, 4.69) is 60.5 Å². The average molecular weight is 308 g/mol. The third kappa shape index (κ3) is 3.03. The van der Waals surface area contributed by atoms with Gasteiger partial charge in [0.1, 0.15) is 5.82 Å². The molecule has 0 amide bonds. The summed E-state index contributed by atoms with van der Waals surface area (Å²) in [4.78, 5) is 8.18. The number of nitrogens with zero attached hydrogens (tertiary/aromatic N) is 1. The first-order valence-corrected chi connectivity index (χ1v) is 8.75. The van der Waals surface area contributed by atoms with Crippen molar-refractivity contribution in [2.24, 2.45) is 17.8 Å². The van der Waals surface area contributed by atoms with Crippen LogP contribution in [0.15, 0.2) is 48.6 Å². The highest BCUT2D eigenvalue weighted by Gasteiger charge is 2.44. The van der Waals surface area contributed by atoms with Crippen LogP contribution in [0.25, 0.3) is 11.1 Å². The molecule has 122 valence electrons. The number of rotatable bonds is 2. The summed E-state index contributed by atoms with van der Waals surface area (Å²) >= 11 is 0. The van der Waals surface area contributed by atoms with Gasteiger partial charge in [-0.15, -0.1) is 0 Å². The summed E-state index contributed by atoms with van der Waals surface area (Å²) < 4.78 is 0. The average Bonchev–Trinajstić information content (AvgIpc) is 3.18. The van der Waals surface area contributed by atoms with Crippen LogP contribution in [0.4, 0.5) is 0 Å². The Morgan fingerprint density at radius 2 is 1.96 bits per heavy atom. The minimum Gasteiger partial charge on any atom is -0.342 e. The fourth-order valence-electron chi connectivity index (χ4n) is 3.38. The van der Waals surface area contributed by atoms with Crippen molar-refractivity contribution in [1.82, 2.24) is 9.97 Å². The highest BCUT2D eigenvalue weighted by atomic mass is 14.9. The second kappa shape index (κ2) is 6.57. The summed E-state index contributed by atoms with van der Waals surface area (Å²) in [6.45, 7) is 8.36. The van der Waals surface area contributed by atoms with Gasteiger partial charge in [0.15, 0.2) is 0 Å². The molecule has 1 saturated carbocycles. The van der Waals surface area contributed by atoms with E-state index in [1.165, 1.54) is 11.1 Å². The summed E-state index contributed by atoms with van der Waals surface area (Å²) in [5.41, 5.74) is 4.70. The number of imidazole rings is 1. The number of fused-ring (bicyclic) bond motifs is 1. The Bertz CT molecular complexity index is 731. The highest BCUT2D eigenvalue weighted by molar-refractivity contribution is 5.85. The van der Waals surface area contributed by atoms with Crippen LogP contribution in [0.3, 0.4) is 0 Å². The Labute approximate surface area is 140 Å². The highest BCUT2D eigenvalue weighted by Crippen LogP contribution is 2.52. The van der Waals surface area contributed by atoms with Crippen LogP contribution >= 0.6 is 0 Å². The normalized spacial score (nSPS) is 27.4. The van der Waals surface area contributed by atoms with Crippen LogP contribution in [0.2, 0.25) is 0 Å². The molecule has 0 aromatic carbocycles. The van der Waals surface area contributed by atoms with E-state index < -0.39 is 0 Å². The first-order chi connectivity index (χ1) is 11.2. The molecule has 0 aliphatic heterocycles. The van der Waals surface area contributed by atoms with Gasteiger partial charge in [0.05, 0.1) is 11.4 Å². The van der Waals surface area contributed by atoms with Gasteiger partial charge in [-0.2, -0.15) is 0 Å². The molecular formula is C21H28N2. The lowest BCUT2D eigenvalue weighted by Crippen LogP contribution is -1.93. The van der Waals surface area contributed by atoms with Crippen LogP contribution in [0.5, 0.6) is 0 Å². The smallest absolute Gasteiger partial charge is 0.104 e. The van der Waals surface area contributed by atoms with E-state index in [0.717, 1.165) is 41.4 Å². The topological polar surface area (TPSA) is 28.7 Å². The standard InChI is InChI=1S/C19H20N2.C2H6.H2/c1-12-16-10-9-15(11-17(12)16)19-18(20-13(2)21-19)14-7-5-3-4-6-8-14;1-2;/h3,5-12,16-17H,4H2,1-2H3,(H,20,21);1-2H3;1H. The van der Waals surface area contributed by atoms with Crippen LogP contribution in [0, 0.1) is 24.7 Å². The maximum atomic E-state index is 4.73. The molecule has 0 radical (unpaired) electrons. The fourth-order valence-corrected chi connectivity index (χ4v) is 3.38. The van der Waals surface area contributed by atoms with Crippen LogP contribution in [0.1, 0.15) is 45.8 Å². The van der Waals surface area contributed by atoms with E-state index in [1.54, 1.807) is 0 Å². The predicted octanol–water partition coefficient (Wildman–Crippen LogP) is 5.73. The minimum absolute atomic E-state index is 0. The molecule has 1 fully saturated rings. The summed E-state index contributed by atoms with van der Waals surface area (Å²) in [7, 11) is 0. The molecule has 23 heavy (non-hydrogen) atoms. The van der Waals surface area contributed by atoms with E-state index in [4.69, 9.17) is 4.98 Å². The van der Waals surface area contributed by atoms with Crippen molar-refractivity contribution < 1.29 is 1.43 Å². The van der Waals surface area contributed by atoms with Gasteiger partial charge < -0.3 is 4.98 Å². The number of aryl methyl sites for hydroxylation is 1. The predicted molar refractivity (Wildman–Crippen MR) is 101 cm³/mol. The van der Waals surface area contributed by atoms with E-state index in [9.17, 15) is 0 Å². The van der Waals surface area contributed by atoms with Crippen molar-refractivity contribution in [3.63, 3.8) is 0 Å². The van der Waals surface area contributed by atoms with Crippen molar-refractivity contribution in [3.8, 4) is 0 Å². The molecule has 0 spiro atoms. The van der Waals surface area contributed by atoms with E-state index >= 15 is 0 Å².